The van der Waals surface area contributed by atoms with E-state index in [0.29, 0.717) is 36.2 Å². The van der Waals surface area contributed by atoms with Crippen molar-refractivity contribution in [3.8, 4) is 11.5 Å². The highest BCUT2D eigenvalue weighted by molar-refractivity contribution is 5.98. The topological polar surface area (TPSA) is 100 Å². The van der Waals surface area contributed by atoms with Gasteiger partial charge in [0.15, 0.2) is 0 Å². The monoisotopic (exact) mass is 444 g/mol. The zero-order valence-electron chi connectivity index (χ0n) is 18.8. The fraction of sp³-hybridized carbons (Fsp3) is 0.609. The highest BCUT2D eigenvalue weighted by atomic mass is 16.5. The molecule has 1 aromatic carbocycles. The summed E-state index contributed by atoms with van der Waals surface area (Å²) in [4.78, 5) is 42.0. The summed E-state index contributed by atoms with van der Waals surface area (Å²) in [5, 5.41) is 5.77. The van der Waals surface area contributed by atoms with Crippen LogP contribution in [0, 0.1) is 5.92 Å². The highest BCUT2D eigenvalue weighted by Gasteiger charge is 2.44. The second kappa shape index (κ2) is 9.67. The standard InChI is InChI=1S/C23H32N4O5/c1-31-17-11-16(12-18(13-17)32-2)24-23(30)26-8-9-27-20(14-26)21(28)25-19(22(27)29)10-15-6-4-3-5-7-15/h11-13,15,19-20H,3-10,14H2,1-2H3,(H,24,30)(H,25,28)/t19-,20-/m0/s1. The van der Waals surface area contributed by atoms with Crippen LogP contribution in [0.3, 0.4) is 0 Å². The summed E-state index contributed by atoms with van der Waals surface area (Å²) < 4.78 is 10.5. The zero-order valence-corrected chi connectivity index (χ0v) is 18.8. The van der Waals surface area contributed by atoms with Gasteiger partial charge in [-0.3, -0.25) is 9.59 Å². The van der Waals surface area contributed by atoms with Crippen LogP contribution in [0.1, 0.15) is 38.5 Å². The van der Waals surface area contributed by atoms with Crippen molar-refractivity contribution in [2.45, 2.75) is 50.6 Å². The Kier molecular flexibility index (Phi) is 6.72. The molecule has 0 radical (unpaired) electrons. The van der Waals surface area contributed by atoms with E-state index in [1.54, 1.807) is 42.2 Å². The van der Waals surface area contributed by atoms with Gasteiger partial charge in [0.25, 0.3) is 0 Å². The van der Waals surface area contributed by atoms with Gasteiger partial charge in [0.1, 0.15) is 23.6 Å². The number of ether oxygens (including phenoxy) is 2. The molecule has 4 amide bonds. The van der Waals surface area contributed by atoms with Gasteiger partial charge in [-0.25, -0.2) is 4.79 Å². The summed E-state index contributed by atoms with van der Waals surface area (Å²) in [6, 6.07) is 3.70. The predicted molar refractivity (Wildman–Crippen MR) is 119 cm³/mol. The molecule has 9 heteroatoms. The van der Waals surface area contributed by atoms with Crippen LogP contribution in [0.2, 0.25) is 0 Å². The number of hydrogen-bond donors (Lipinski definition) is 2. The number of urea groups is 1. The van der Waals surface area contributed by atoms with E-state index in [4.69, 9.17) is 9.47 Å². The third-order valence-electron chi connectivity index (χ3n) is 6.76. The van der Waals surface area contributed by atoms with Gasteiger partial charge >= 0.3 is 6.03 Å². The molecule has 9 nitrogen and oxygen atoms in total. The van der Waals surface area contributed by atoms with Gasteiger partial charge in [-0.1, -0.05) is 32.1 Å². The van der Waals surface area contributed by atoms with Crippen LogP contribution in [-0.2, 0) is 9.59 Å². The zero-order chi connectivity index (χ0) is 22.7. The molecule has 2 saturated heterocycles. The number of methoxy groups -OCH3 is 2. The Labute approximate surface area is 188 Å². The molecule has 3 aliphatic rings. The summed E-state index contributed by atoms with van der Waals surface area (Å²) >= 11 is 0. The normalized spacial score (nSPS) is 23.9. The molecule has 2 N–H and O–H groups in total. The van der Waals surface area contributed by atoms with Gasteiger partial charge in [0, 0.05) is 37.0 Å². The van der Waals surface area contributed by atoms with Crippen LogP contribution in [-0.4, -0.2) is 73.6 Å². The molecule has 174 valence electrons. The molecule has 2 atom stereocenters. The quantitative estimate of drug-likeness (QED) is 0.725. The third-order valence-corrected chi connectivity index (χ3v) is 6.76. The lowest BCUT2D eigenvalue weighted by atomic mass is 9.84. The molecule has 32 heavy (non-hydrogen) atoms. The predicted octanol–water partition coefficient (Wildman–Crippen LogP) is 2.22. The Balaban J connectivity index is 1.38. The van der Waals surface area contributed by atoms with E-state index < -0.39 is 12.1 Å². The maximum absolute atomic E-state index is 13.1. The first-order chi connectivity index (χ1) is 15.5. The highest BCUT2D eigenvalue weighted by Crippen LogP contribution is 2.30. The van der Waals surface area contributed by atoms with E-state index in [1.807, 2.05) is 0 Å². The average molecular weight is 445 g/mol. The second-order valence-electron chi connectivity index (χ2n) is 8.83. The molecule has 1 aliphatic carbocycles. The number of anilines is 1. The van der Waals surface area contributed by atoms with Crippen molar-refractivity contribution in [3.05, 3.63) is 18.2 Å². The first kappa shape index (κ1) is 22.2. The smallest absolute Gasteiger partial charge is 0.321 e. The molecule has 0 unspecified atom stereocenters. The summed E-state index contributed by atoms with van der Waals surface area (Å²) in [5.41, 5.74) is 0.533. The van der Waals surface area contributed by atoms with Gasteiger partial charge in [0.05, 0.1) is 20.8 Å². The minimum atomic E-state index is -0.649. The van der Waals surface area contributed by atoms with E-state index in [0.717, 1.165) is 19.3 Å². The first-order valence-corrected chi connectivity index (χ1v) is 11.4. The van der Waals surface area contributed by atoms with Crippen LogP contribution in [0.5, 0.6) is 11.5 Å². The Morgan fingerprint density at radius 1 is 1.06 bits per heavy atom. The van der Waals surface area contributed by atoms with Gasteiger partial charge in [-0.15, -0.1) is 0 Å². The van der Waals surface area contributed by atoms with Crippen molar-refractivity contribution in [2.75, 3.05) is 39.2 Å². The summed E-state index contributed by atoms with van der Waals surface area (Å²) in [5.74, 6) is 1.43. The Morgan fingerprint density at radius 3 is 2.41 bits per heavy atom. The minimum Gasteiger partial charge on any atom is -0.497 e. The van der Waals surface area contributed by atoms with E-state index in [1.165, 1.54) is 19.3 Å². The van der Waals surface area contributed by atoms with Crippen molar-refractivity contribution in [1.82, 2.24) is 15.1 Å². The second-order valence-corrected chi connectivity index (χ2v) is 8.83. The molecular formula is C23H32N4O5. The van der Waals surface area contributed by atoms with Crippen LogP contribution in [0.15, 0.2) is 18.2 Å². The van der Waals surface area contributed by atoms with Gasteiger partial charge < -0.3 is 29.9 Å². The summed E-state index contributed by atoms with van der Waals surface area (Å²) in [6.45, 7) is 0.895. The van der Waals surface area contributed by atoms with Crippen LogP contribution in [0.4, 0.5) is 10.5 Å². The summed E-state index contributed by atoms with van der Waals surface area (Å²) in [7, 11) is 3.08. The van der Waals surface area contributed by atoms with Crippen molar-refractivity contribution >= 4 is 23.5 Å². The van der Waals surface area contributed by atoms with Gasteiger partial charge in [-0.2, -0.15) is 0 Å². The van der Waals surface area contributed by atoms with E-state index in [2.05, 4.69) is 10.6 Å². The van der Waals surface area contributed by atoms with Crippen molar-refractivity contribution in [3.63, 3.8) is 0 Å². The lowest BCUT2D eigenvalue weighted by molar-refractivity contribution is -0.152. The van der Waals surface area contributed by atoms with Gasteiger partial charge in [-0.05, 0) is 12.3 Å². The number of benzene rings is 1. The lowest BCUT2D eigenvalue weighted by Crippen LogP contribution is -2.70. The number of nitrogens with one attached hydrogen (secondary N) is 2. The Hall–Kier alpha value is -2.97. The molecule has 0 aromatic heterocycles. The minimum absolute atomic E-state index is 0.0160. The molecule has 1 saturated carbocycles. The maximum atomic E-state index is 13.1. The molecule has 0 spiro atoms. The van der Waals surface area contributed by atoms with Crippen LogP contribution >= 0.6 is 0 Å². The largest absolute Gasteiger partial charge is 0.497 e. The molecule has 4 rings (SSSR count). The molecule has 0 bridgehead atoms. The first-order valence-electron chi connectivity index (χ1n) is 11.4. The number of nitrogens with zero attached hydrogens (tertiary/aromatic N) is 2. The Bertz CT molecular complexity index is 848. The maximum Gasteiger partial charge on any atom is 0.321 e. The molecule has 3 fully saturated rings. The van der Waals surface area contributed by atoms with E-state index >= 15 is 0 Å². The lowest BCUT2D eigenvalue weighted by Gasteiger charge is -2.45. The fourth-order valence-electron chi connectivity index (χ4n) is 4.98. The van der Waals surface area contributed by atoms with Gasteiger partial charge in [0.2, 0.25) is 11.8 Å². The molecule has 1 aromatic rings. The molecular weight excluding hydrogens is 412 g/mol. The van der Waals surface area contributed by atoms with Crippen LogP contribution in [0.25, 0.3) is 0 Å². The van der Waals surface area contributed by atoms with Crippen molar-refractivity contribution < 1.29 is 23.9 Å². The molecule has 2 aliphatic heterocycles. The number of rotatable bonds is 5. The number of amides is 4. The average Bonchev–Trinajstić information content (AvgIpc) is 2.82. The number of carbonyl (C=O) groups excluding carboxylic acids is 3. The number of piperazine rings is 2. The number of fused-ring (bicyclic) bond motifs is 1. The fourth-order valence-corrected chi connectivity index (χ4v) is 4.98. The Morgan fingerprint density at radius 2 is 1.75 bits per heavy atom. The van der Waals surface area contributed by atoms with E-state index in [9.17, 15) is 14.4 Å². The third kappa shape index (κ3) is 4.76. The number of carbonyl (C=O) groups is 3. The number of hydrogen-bond acceptors (Lipinski definition) is 5. The van der Waals surface area contributed by atoms with Crippen LogP contribution < -0.4 is 20.1 Å². The summed E-state index contributed by atoms with van der Waals surface area (Å²) in [6.07, 6.45) is 6.65. The van der Waals surface area contributed by atoms with E-state index in [-0.39, 0.29) is 24.4 Å². The SMILES string of the molecule is COc1cc(NC(=O)N2CCN3C(=O)[C@H](CC4CCCCC4)NC(=O)[C@@H]3C2)cc(OC)c1. The molecule has 2 heterocycles. The van der Waals surface area contributed by atoms with Crippen molar-refractivity contribution in [1.29, 1.82) is 0 Å². The van der Waals surface area contributed by atoms with Crippen molar-refractivity contribution in [2.24, 2.45) is 5.92 Å².